The Morgan fingerprint density at radius 1 is 1.33 bits per heavy atom. The van der Waals surface area contributed by atoms with Gasteiger partial charge in [0.1, 0.15) is 5.52 Å². The summed E-state index contributed by atoms with van der Waals surface area (Å²) in [4.78, 5) is 11.4. The van der Waals surface area contributed by atoms with Gasteiger partial charge in [-0.05, 0) is 54.2 Å². The molecular weight excluding hydrogens is 290 g/mol. The molecule has 4 heteroatoms. The van der Waals surface area contributed by atoms with E-state index >= 15 is 0 Å². The molecular formula is C14H16BrN3. The molecule has 1 unspecified atom stereocenters. The van der Waals surface area contributed by atoms with Crippen LogP contribution in [0.25, 0.3) is 11.0 Å². The molecule has 3 nitrogen and oxygen atoms in total. The third kappa shape index (κ3) is 2.09. The van der Waals surface area contributed by atoms with Crippen LogP contribution in [-0.4, -0.2) is 22.6 Å². The number of rotatable bonds is 1. The van der Waals surface area contributed by atoms with Crippen LogP contribution in [0.2, 0.25) is 0 Å². The van der Waals surface area contributed by atoms with Crippen LogP contribution in [0.3, 0.4) is 0 Å². The lowest BCUT2D eigenvalue weighted by Gasteiger charge is -2.35. The summed E-state index contributed by atoms with van der Waals surface area (Å²) in [5.41, 5.74) is 3.19. The van der Waals surface area contributed by atoms with Crippen molar-refractivity contribution in [2.75, 3.05) is 11.4 Å². The largest absolute Gasteiger partial charge is 0.367 e. The van der Waals surface area contributed by atoms with Gasteiger partial charge in [-0.1, -0.05) is 0 Å². The van der Waals surface area contributed by atoms with E-state index in [1.807, 2.05) is 18.5 Å². The smallest absolute Gasteiger partial charge is 0.112 e. The summed E-state index contributed by atoms with van der Waals surface area (Å²) in [7, 11) is 0. The van der Waals surface area contributed by atoms with Gasteiger partial charge in [0.15, 0.2) is 0 Å². The Hall–Kier alpha value is -1.16. The van der Waals surface area contributed by atoms with E-state index in [1.54, 1.807) is 0 Å². The maximum atomic E-state index is 4.54. The predicted molar refractivity (Wildman–Crippen MR) is 77.9 cm³/mol. The number of fused-ring (bicyclic) bond motifs is 1. The molecule has 0 N–H and O–H groups in total. The molecule has 0 spiro atoms. The van der Waals surface area contributed by atoms with Gasteiger partial charge in [-0.2, -0.15) is 0 Å². The highest BCUT2D eigenvalue weighted by Crippen LogP contribution is 2.30. The summed E-state index contributed by atoms with van der Waals surface area (Å²) in [6.07, 6.45) is 7.60. The number of aromatic nitrogens is 2. The van der Waals surface area contributed by atoms with Crippen molar-refractivity contribution in [3.05, 3.63) is 29.0 Å². The summed E-state index contributed by atoms with van der Waals surface area (Å²) in [6, 6.07) is 4.71. The molecule has 2 aromatic heterocycles. The molecule has 0 saturated carbocycles. The summed E-state index contributed by atoms with van der Waals surface area (Å²) < 4.78 is 0.978. The van der Waals surface area contributed by atoms with E-state index in [0.29, 0.717) is 6.04 Å². The van der Waals surface area contributed by atoms with Gasteiger partial charge in [0, 0.05) is 29.5 Å². The average Bonchev–Trinajstić information content (AvgIpc) is 2.38. The average molecular weight is 306 g/mol. The molecule has 3 heterocycles. The predicted octanol–water partition coefficient (Wildman–Crippen LogP) is 3.77. The molecule has 3 rings (SSSR count). The van der Waals surface area contributed by atoms with E-state index in [2.05, 4.69) is 43.8 Å². The van der Waals surface area contributed by atoms with Crippen LogP contribution in [0, 0.1) is 0 Å². The zero-order chi connectivity index (χ0) is 12.5. The maximum Gasteiger partial charge on any atom is 0.112 e. The van der Waals surface area contributed by atoms with E-state index in [9.17, 15) is 0 Å². The fourth-order valence-corrected chi connectivity index (χ4v) is 3.00. The number of nitrogens with zero attached hydrogens (tertiary/aromatic N) is 3. The van der Waals surface area contributed by atoms with Crippen molar-refractivity contribution in [3.63, 3.8) is 0 Å². The first-order valence-electron chi connectivity index (χ1n) is 6.42. The van der Waals surface area contributed by atoms with Crippen LogP contribution >= 0.6 is 15.9 Å². The van der Waals surface area contributed by atoms with Crippen molar-refractivity contribution in [2.24, 2.45) is 0 Å². The van der Waals surface area contributed by atoms with E-state index in [4.69, 9.17) is 0 Å². The van der Waals surface area contributed by atoms with Crippen molar-refractivity contribution in [2.45, 2.75) is 32.2 Å². The fraction of sp³-hybridized carbons (Fsp3) is 0.429. The molecule has 1 aliphatic rings. The van der Waals surface area contributed by atoms with Crippen LogP contribution in [0.1, 0.15) is 26.2 Å². The number of hydrogen-bond acceptors (Lipinski definition) is 3. The van der Waals surface area contributed by atoms with E-state index < -0.39 is 0 Å². The standard InChI is InChI=1S/C14H16BrN3/c1-10-4-2-3-7-18(10)13-5-6-16-12-8-11(15)9-17-14(12)13/h5-6,8-10H,2-4,7H2,1H3. The third-order valence-corrected chi connectivity index (χ3v) is 4.07. The van der Waals surface area contributed by atoms with Gasteiger partial charge < -0.3 is 4.90 Å². The SMILES string of the molecule is CC1CCCCN1c1ccnc2cc(Br)cnc12. The summed E-state index contributed by atoms with van der Waals surface area (Å²) >= 11 is 3.45. The van der Waals surface area contributed by atoms with Gasteiger partial charge >= 0.3 is 0 Å². The number of piperidine rings is 1. The zero-order valence-corrected chi connectivity index (χ0v) is 12.0. The van der Waals surface area contributed by atoms with Gasteiger partial charge in [0.05, 0.1) is 11.2 Å². The quantitative estimate of drug-likeness (QED) is 0.803. The van der Waals surface area contributed by atoms with E-state index in [0.717, 1.165) is 22.1 Å². The Labute approximate surface area is 115 Å². The molecule has 0 amide bonds. The molecule has 0 radical (unpaired) electrons. The molecule has 0 aliphatic carbocycles. The molecule has 1 fully saturated rings. The highest BCUT2D eigenvalue weighted by molar-refractivity contribution is 9.10. The summed E-state index contributed by atoms with van der Waals surface area (Å²) in [5.74, 6) is 0. The molecule has 2 aromatic rings. The number of anilines is 1. The molecule has 1 aliphatic heterocycles. The topological polar surface area (TPSA) is 29.0 Å². The van der Waals surface area contributed by atoms with Crippen molar-refractivity contribution in [3.8, 4) is 0 Å². The van der Waals surface area contributed by atoms with Crippen molar-refractivity contribution in [1.82, 2.24) is 9.97 Å². The Morgan fingerprint density at radius 3 is 3.06 bits per heavy atom. The normalized spacial score (nSPS) is 20.3. The molecule has 0 aromatic carbocycles. The second kappa shape index (κ2) is 4.84. The van der Waals surface area contributed by atoms with Crippen LogP contribution in [0.15, 0.2) is 29.0 Å². The minimum absolute atomic E-state index is 0.592. The Bertz CT molecular complexity index is 570. The maximum absolute atomic E-state index is 4.54. The minimum atomic E-state index is 0.592. The van der Waals surface area contributed by atoms with E-state index in [-0.39, 0.29) is 0 Å². The third-order valence-electron chi connectivity index (χ3n) is 3.64. The first-order chi connectivity index (χ1) is 8.75. The van der Waals surface area contributed by atoms with Crippen LogP contribution < -0.4 is 4.90 Å². The molecule has 0 bridgehead atoms. The fourth-order valence-electron chi connectivity index (χ4n) is 2.68. The Balaban J connectivity index is 2.10. The van der Waals surface area contributed by atoms with Crippen molar-refractivity contribution >= 4 is 32.7 Å². The first kappa shape index (κ1) is 11.9. The Kier molecular flexibility index (Phi) is 3.20. The summed E-state index contributed by atoms with van der Waals surface area (Å²) in [5, 5.41) is 0. The van der Waals surface area contributed by atoms with Crippen molar-refractivity contribution in [1.29, 1.82) is 0 Å². The van der Waals surface area contributed by atoms with Gasteiger partial charge in [0.2, 0.25) is 0 Å². The van der Waals surface area contributed by atoms with E-state index in [1.165, 1.54) is 24.9 Å². The monoisotopic (exact) mass is 305 g/mol. The molecule has 1 atom stereocenters. The van der Waals surface area contributed by atoms with Crippen LogP contribution in [0.4, 0.5) is 5.69 Å². The highest BCUT2D eigenvalue weighted by Gasteiger charge is 2.20. The molecule has 1 saturated heterocycles. The second-order valence-electron chi connectivity index (χ2n) is 4.89. The van der Waals surface area contributed by atoms with Gasteiger partial charge in [0.25, 0.3) is 0 Å². The number of hydrogen-bond donors (Lipinski definition) is 0. The Morgan fingerprint density at radius 2 is 2.22 bits per heavy atom. The summed E-state index contributed by atoms with van der Waals surface area (Å²) in [6.45, 7) is 3.42. The first-order valence-corrected chi connectivity index (χ1v) is 7.22. The molecule has 94 valence electrons. The minimum Gasteiger partial charge on any atom is -0.367 e. The lowest BCUT2D eigenvalue weighted by Crippen LogP contribution is -2.37. The lowest BCUT2D eigenvalue weighted by atomic mass is 10.0. The van der Waals surface area contributed by atoms with Gasteiger partial charge in [-0.15, -0.1) is 0 Å². The highest BCUT2D eigenvalue weighted by atomic mass is 79.9. The van der Waals surface area contributed by atoms with Crippen LogP contribution in [0.5, 0.6) is 0 Å². The number of halogens is 1. The second-order valence-corrected chi connectivity index (χ2v) is 5.81. The number of pyridine rings is 2. The van der Waals surface area contributed by atoms with Crippen molar-refractivity contribution < 1.29 is 0 Å². The molecule has 18 heavy (non-hydrogen) atoms. The van der Waals surface area contributed by atoms with Crippen LogP contribution in [-0.2, 0) is 0 Å². The van der Waals surface area contributed by atoms with Gasteiger partial charge in [-0.25, -0.2) is 0 Å². The van der Waals surface area contributed by atoms with Gasteiger partial charge in [-0.3, -0.25) is 9.97 Å². The zero-order valence-electron chi connectivity index (χ0n) is 10.4. The lowest BCUT2D eigenvalue weighted by molar-refractivity contribution is 0.485.